The zero-order valence-electron chi connectivity index (χ0n) is 10.9. The average molecular weight is 447 g/mol. The van der Waals surface area contributed by atoms with Crippen molar-refractivity contribution in [2.75, 3.05) is 0 Å². The molecule has 0 amide bonds. The van der Waals surface area contributed by atoms with Crippen LogP contribution in [0.5, 0.6) is 0 Å². The van der Waals surface area contributed by atoms with Crippen LogP contribution in [0.1, 0.15) is 27.1 Å². The van der Waals surface area contributed by atoms with Crippen LogP contribution in [-0.4, -0.2) is 0 Å². The van der Waals surface area contributed by atoms with Crippen molar-refractivity contribution in [3.8, 4) is 0 Å². The summed E-state index contributed by atoms with van der Waals surface area (Å²) in [5.41, 5.74) is 5.34. The molecule has 0 aliphatic rings. The highest BCUT2D eigenvalue weighted by Gasteiger charge is 2.10. The normalized spacial score (nSPS) is 12.5. The van der Waals surface area contributed by atoms with Gasteiger partial charge in [-0.3, -0.25) is 0 Å². The Hall–Kier alpha value is -0.120. The van der Waals surface area contributed by atoms with Gasteiger partial charge in [-0.15, -0.1) is 0 Å². The number of halogens is 3. The van der Waals surface area contributed by atoms with Gasteiger partial charge in [0.25, 0.3) is 0 Å². The maximum Gasteiger partial charge on any atom is 0.0436 e. The van der Waals surface area contributed by atoms with E-state index in [-0.39, 0.29) is 0 Å². The fourth-order valence-corrected chi connectivity index (χ4v) is 3.98. The van der Waals surface area contributed by atoms with Gasteiger partial charge in [0.15, 0.2) is 0 Å². The molecule has 0 aromatic heterocycles. The zero-order chi connectivity index (χ0) is 14.0. The van der Waals surface area contributed by atoms with E-state index in [0.29, 0.717) is 4.83 Å². The first-order valence-electron chi connectivity index (χ1n) is 6.12. The van der Waals surface area contributed by atoms with Gasteiger partial charge in [-0.1, -0.05) is 66.0 Å². The number of hydrogen-bond acceptors (Lipinski definition) is 0. The number of benzene rings is 2. The van der Waals surface area contributed by atoms with Gasteiger partial charge in [0.1, 0.15) is 0 Å². The molecule has 2 aromatic carbocycles. The van der Waals surface area contributed by atoms with Crippen LogP contribution in [0.25, 0.3) is 0 Å². The van der Waals surface area contributed by atoms with Crippen molar-refractivity contribution in [1.29, 1.82) is 0 Å². The third kappa shape index (κ3) is 4.17. The minimum atomic E-state index is 0.323. The quantitative estimate of drug-likeness (QED) is 0.471. The lowest BCUT2D eigenvalue weighted by Gasteiger charge is -2.13. The highest BCUT2D eigenvalue weighted by Crippen LogP contribution is 2.31. The minimum Gasteiger partial charge on any atom is -0.0835 e. The van der Waals surface area contributed by atoms with E-state index in [1.165, 1.54) is 22.3 Å². The van der Waals surface area contributed by atoms with Crippen LogP contribution in [0.4, 0.5) is 0 Å². The van der Waals surface area contributed by atoms with E-state index >= 15 is 0 Å². The number of alkyl halides is 1. The first-order chi connectivity index (χ1) is 8.95. The topological polar surface area (TPSA) is 0 Å². The molecule has 0 aliphatic carbocycles. The molecular formula is C16H15Br3. The molecule has 0 nitrogen and oxygen atoms in total. The van der Waals surface area contributed by atoms with Crippen molar-refractivity contribution in [2.24, 2.45) is 0 Å². The molecule has 2 rings (SSSR count). The Morgan fingerprint density at radius 1 is 0.895 bits per heavy atom. The third-order valence-electron chi connectivity index (χ3n) is 3.23. The van der Waals surface area contributed by atoms with Crippen molar-refractivity contribution in [3.05, 3.63) is 67.6 Å². The lowest BCUT2D eigenvalue weighted by Crippen LogP contribution is -1.97. The van der Waals surface area contributed by atoms with Crippen LogP contribution in [0, 0.1) is 13.8 Å². The molecule has 0 radical (unpaired) electrons. The largest absolute Gasteiger partial charge is 0.0835 e. The van der Waals surface area contributed by atoms with Crippen LogP contribution in [0.15, 0.2) is 45.3 Å². The molecule has 0 saturated carbocycles. The maximum atomic E-state index is 3.79. The lowest BCUT2D eigenvalue weighted by molar-refractivity contribution is 0.943. The predicted molar refractivity (Wildman–Crippen MR) is 93.1 cm³/mol. The van der Waals surface area contributed by atoms with Gasteiger partial charge in [0.05, 0.1) is 0 Å². The van der Waals surface area contributed by atoms with Gasteiger partial charge in [0, 0.05) is 13.8 Å². The Kier molecular flexibility index (Phi) is 5.27. The molecule has 0 N–H and O–H groups in total. The fraction of sp³-hybridized carbons (Fsp3) is 0.250. The predicted octanol–water partition coefficient (Wildman–Crippen LogP) is 6.51. The Morgan fingerprint density at radius 2 is 1.53 bits per heavy atom. The molecule has 0 heterocycles. The van der Waals surface area contributed by atoms with Crippen molar-refractivity contribution in [2.45, 2.75) is 25.1 Å². The summed E-state index contributed by atoms with van der Waals surface area (Å²) in [5, 5.41) is 0. The van der Waals surface area contributed by atoms with E-state index in [1.807, 2.05) is 0 Å². The summed E-state index contributed by atoms with van der Waals surface area (Å²) in [6.07, 6.45) is 0.990. The first kappa shape index (κ1) is 15.3. The van der Waals surface area contributed by atoms with Crippen LogP contribution >= 0.6 is 47.8 Å². The summed E-state index contributed by atoms with van der Waals surface area (Å²) in [4.78, 5) is 0.323. The van der Waals surface area contributed by atoms with Gasteiger partial charge in [-0.2, -0.15) is 0 Å². The van der Waals surface area contributed by atoms with Crippen LogP contribution < -0.4 is 0 Å². The van der Waals surface area contributed by atoms with Crippen LogP contribution in [0.2, 0.25) is 0 Å². The van der Waals surface area contributed by atoms with Gasteiger partial charge in [0.2, 0.25) is 0 Å². The third-order valence-corrected chi connectivity index (χ3v) is 5.00. The van der Waals surface area contributed by atoms with E-state index in [9.17, 15) is 0 Å². The Bertz CT molecular complexity index is 570. The van der Waals surface area contributed by atoms with E-state index in [1.54, 1.807) is 0 Å². The summed E-state index contributed by atoms with van der Waals surface area (Å²) in [5.74, 6) is 0. The smallest absolute Gasteiger partial charge is 0.0436 e. The molecule has 0 spiro atoms. The molecule has 2 aromatic rings. The molecule has 19 heavy (non-hydrogen) atoms. The number of hydrogen-bond donors (Lipinski definition) is 0. The van der Waals surface area contributed by atoms with E-state index in [2.05, 4.69) is 98.0 Å². The molecule has 3 heteroatoms. The molecular weight excluding hydrogens is 432 g/mol. The van der Waals surface area contributed by atoms with Crippen molar-refractivity contribution < 1.29 is 0 Å². The molecule has 0 fully saturated rings. The van der Waals surface area contributed by atoms with Crippen LogP contribution in [-0.2, 0) is 6.42 Å². The minimum absolute atomic E-state index is 0.323. The maximum absolute atomic E-state index is 3.79. The van der Waals surface area contributed by atoms with Gasteiger partial charge >= 0.3 is 0 Å². The summed E-state index contributed by atoms with van der Waals surface area (Å²) in [6, 6.07) is 13.1. The Labute approximate surface area is 140 Å². The Morgan fingerprint density at radius 3 is 2.11 bits per heavy atom. The monoisotopic (exact) mass is 444 g/mol. The molecule has 1 atom stereocenters. The van der Waals surface area contributed by atoms with E-state index < -0.39 is 0 Å². The number of rotatable bonds is 3. The highest BCUT2D eigenvalue weighted by molar-refractivity contribution is 9.11. The van der Waals surface area contributed by atoms with Gasteiger partial charge in [-0.05, 0) is 60.7 Å². The zero-order valence-corrected chi connectivity index (χ0v) is 15.6. The van der Waals surface area contributed by atoms with Gasteiger partial charge < -0.3 is 0 Å². The van der Waals surface area contributed by atoms with Crippen LogP contribution in [0.3, 0.4) is 0 Å². The van der Waals surface area contributed by atoms with E-state index in [4.69, 9.17) is 0 Å². The highest BCUT2D eigenvalue weighted by atomic mass is 79.9. The van der Waals surface area contributed by atoms with Crippen molar-refractivity contribution >= 4 is 47.8 Å². The van der Waals surface area contributed by atoms with Crippen molar-refractivity contribution in [3.63, 3.8) is 0 Å². The second-order valence-corrected chi connectivity index (χ2v) is 7.73. The van der Waals surface area contributed by atoms with Gasteiger partial charge in [-0.25, -0.2) is 0 Å². The molecule has 0 saturated heterocycles. The fourth-order valence-electron chi connectivity index (χ4n) is 2.01. The summed E-state index contributed by atoms with van der Waals surface area (Å²) < 4.78 is 2.20. The molecule has 100 valence electrons. The molecule has 0 aliphatic heterocycles. The Balaban J connectivity index is 2.20. The van der Waals surface area contributed by atoms with E-state index in [0.717, 1.165) is 15.4 Å². The summed E-state index contributed by atoms with van der Waals surface area (Å²) in [7, 11) is 0. The lowest BCUT2D eigenvalue weighted by atomic mass is 10.0. The summed E-state index contributed by atoms with van der Waals surface area (Å²) >= 11 is 10.9. The van der Waals surface area contributed by atoms with Crippen molar-refractivity contribution in [1.82, 2.24) is 0 Å². The summed E-state index contributed by atoms with van der Waals surface area (Å²) in [6.45, 7) is 4.31. The SMILES string of the molecule is Cc1ccc(CC(Br)c2cc(Br)cc(Br)c2)cc1C. The average Bonchev–Trinajstić information content (AvgIpc) is 2.32. The second kappa shape index (κ2) is 6.55. The molecule has 1 unspecified atom stereocenters. The number of aryl methyl sites for hydroxylation is 2. The standard InChI is InChI=1S/C16H15Br3/c1-10-3-4-12(5-11(10)2)6-16(19)13-7-14(17)9-15(18)8-13/h3-5,7-9,16H,6H2,1-2H3. The molecule has 0 bridgehead atoms. The second-order valence-electron chi connectivity index (χ2n) is 4.79. The first-order valence-corrected chi connectivity index (χ1v) is 8.62.